The highest BCUT2D eigenvalue weighted by atomic mass is 16.5. The van der Waals surface area contributed by atoms with E-state index in [1.807, 2.05) is 6.07 Å². The number of carbonyl (C=O) groups is 2. The van der Waals surface area contributed by atoms with Crippen molar-refractivity contribution in [1.29, 1.82) is 5.26 Å². The molecule has 0 saturated carbocycles. The Bertz CT molecular complexity index is 836. The highest BCUT2D eigenvalue weighted by molar-refractivity contribution is 6.09. The predicted octanol–water partition coefficient (Wildman–Crippen LogP) is 2.28. The average molecular weight is 335 g/mol. The number of nitrogens with one attached hydrogen (secondary N) is 1. The first kappa shape index (κ1) is 16.7. The molecule has 2 aromatic carbocycles. The number of anilines is 1. The Hall–Kier alpha value is -3.17. The molecule has 3 rings (SSSR count). The molecule has 2 amide bonds. The molecule has 1 N–H and O–H groups in total. The number of nitrogens with zero attached hydrogens (tertiary/aromatic N) is 2. The summed E-state index contributed by atoms with van der Waals surface area (Å²) in [6.45, 7) is 2.10. The predicted molar refractivity (Wildman–Crippen MR) is 92.3 cm³/mol. The number of amides is 2. The van der Waals surface area contributed by atoms with Crippen molar-refractivity contribution in [3.8, 4) is 6.07 Å². The molecular weight excluding hydrogens is 318 g/mol. The van der Waals surface area contributed by atoms with Gasteiger partial charge in [0.2, 0.25) is 0 Å². The second kappa shape index (κ2) is 7.60. The summed E-state index contributed by atoms with van der Waals surface area (Å²) in [7, 11) is 0. The number of morpholine rings is 1. The van der Waals surface area contributed by atoms with Gasteiger partial charge < -0.3 is 15.0 Å². The van der Waals surface area contributed by atoms with Gasteiger partial charge in [0.1, 0.15) is 0 Å². The van der Waals surface area contributed by atoms with Crippen molar-refractivity contribution in [3.05, 3.63) is 65.2 Å². The van der Waals surface area contributed by atoms with Gasteiger partial charge in [-0.25, -0.2) is 0 Å². The van der Waals surface area contributed by atoms with Crippen LogP contribution in [0, 0.1) is 11.3 Å². The van der Waals surface area contributed by atoms with Crippen molar-refractivity contribution in [2.24, 2.45) is 0 Å². The van der Waals surface area contributed by atoms with Crippen molar-refractivity contribution in [2.45, 2.75) is 0 Å². The SMILES string of the molecule is N#Cc1cccc(C(=O)Nc2ccccc2C(=O)N2CCOCC2)c1. The lowest BCUT2D eigenvalue weighted by Crippen LogP contribution is -2.41. The Morgan fingerprint density at radius 3 is 2.60 bits per heavy atom. The lowest BCUT2D eigenvalue weighted by Gasteiger charge is -2.27. The molecule has 0 spiro atoms. The zero-order valence-electron chi connectivity index (χ0n) is 13.6. The molecule has 0 aromatic heterocycles. The summed E-state index contributed by atoms with van der Waals surface area (Å²) < 4.78 is 5.27. The second-order valence-corrected chi connectivity index (χ2v) is 5.60. The molecule has 0 atom stereocenters. The Morgan fingerprint density at radius 2 is 1.84 bits per heavy atom. The van der Waals surface area contributed by atoms with Crippen molar-refractivity contribution in [1.82, 2.24) is 4.90 Å². The Morgan fingerprint density at radius 1 is 1.08 bits per heavy atom. The van der Waals surface area contributed by atoms with Crippen LogP contribution in [0.15, 0.2) is 48.5 Å². The number of para-hydroxylation sites is 1. The van der Waals surface area contributed by atoms with E-state index in [1.54, 1.807) is 47.4 Å². The van der Waals surface area contributed by atoms with Crippen molar-refractivity contribution >= 4 is 17.5 Å². The van der Waals surface area contributed by atoms with Gasteiger partial charge in [-0.05, 0) is 30.3 Å². The largest absolute Gasteiger partial charge is 0.378 e. The van der Waals surface area contributed by atoms with Gasteiger partial charge >= 0.3 is 0 Å². The molecule has 0 aliphatic carbocycles. The van der Waals surface area contributed by atoms with E-state index in [4.69, 9.17) is 10.00 Å². The van der Waals surface area contributed by atoms with Crippen LogP contribution in [0.25, 0.3) is 0 Å². The molecule has 126 valence electrons. The van der Waals surface area contributed by atoms with Gasteiger partial charge in [0, 0.05) is 18.7 Å². The quantitative estimate of drug-likeness (QED) is 0.933. The minimum absolute atomic E-state index is 0.134. The first-order chi connectivity index (χ1) is 12.2. The fourth-order valence-electron chi connectivity index (χ4n) is 2.64. The van der Waals surface area contributed by atoms with Gasteiger partial charge in [0.05, 0.1) is 36.1 Å². The van der Waals surface area contributed by atoms with Gasteiger partial charge in [0.25, 0.3) is 11.8 Å². The smallest absolute Gasteiger partial charge is 0.256 e. The Labute approximate surface area is 145 Å². The average Bonchev–Trinajstić information content (AvgIpc) is 2.68. The third-order valence-corrected chi connectivity index (χ3v) is 3.96. The summed E-state index contributed by atoms with van der Waals surface area (Å²) in [5.74, 6) is -0.496. The molecule has 6 nitrogen and oxygen atoms in total. The highest BCUT2D eigenvalue weighted by Crippen LogP contribution is 2.19. The van der Waals surface area contributed by atoms with E-state index in [2.05, 4.69) is 5.32 Å². The molecule has 25 heavy (non-hydrogen) atoms. The van der Waals surface area contributed by atoms with E-state index >= 15 is 0 Å². The second-order valence-electron chi connectivity index (χ2n) is 5.60. The molecule has 0 bridgehead atoms. The van der Waals surface area contributed by atoms with Gasteiger partial charge in [-0.2, -0.15) is 5.26 Å². The van der Waals surface area contributed by atoms with Crippen molar-refractivity contribution in [2.75, 3.05) is 31.6 Å². The summed E-state index contributed by atoms with van der Waals surface area (Å²) in [4.78, 5) is 26.9. The van der Waals surface area contributed by atoms with Crippen LogP contribution < -0.4 is 5.32 Å². The molecule has 1 aliphatic heterocycles. The maximum atomic E-state index is 12.7. The van der Waals surface area contributed by atoms with Crippen LogP contribution in [0.1, 0.15) is 26.3 Å². The van der Waals surface area contributed by atoms with Crippen LogP contribution in [-0.2, 0) is 4.74 Å². The van der Waals surface area contributed by atoms with Gasteiger partial charge in [-0.3, -0.25) is 9.59 Å². The monoisotopic (exact) mass is 335 g/mol. The van der Waals surface area contributed by atoms with Crippen LogP contribution in [0.2, 0.25) is 0 Å². The van der Waals surface area contributed by atoms with Gasteiger partial charge in [-0.1, -0.05) is 18.2 Å². The number of carbonyl (C=O) groups excluding carboxylic acids is 2. The number of ether oxygens (including phenoxy) is 1. The van der Waals surface area contributed by atoms with E-state index in [-0.39, 0.29) is 11.8 Å². The van der Waals surface area contributed by atoms with Gasteiger partial charge in [0.15, 0.2) is 0 Å². The first-order valence-corrected chi connectivity index (χ1v) is 7.96. The lowest BCUT2D eigenvalue weighted by molar-refractivity contribution is 0.0303. The molecule has 0 radical (unpaired) electrons. The lowest BCUT2D eigenvalue weighted by atomic mass is 10.1. The molecule has 0 unspecified atom stereocenters. The summed E-state index contributed by atoms with van der Waals surface area (Å²) in [5, 5.41) is 11.7. The van der Waals surface area contributed by atoms with Crippen LogP contribution in [0.3, 0.4) is 0 Å². The molecule has 1 saturated heterocycles. The Balaban J connectivity index is 1.82. The zero-order chi connectivity index (χ0) is 17.6. The molecule has 6 heteroatoms. The van der Waals surface area contributed by atoms with Crippen LogP contribution >= 0.6 is 0 Å². The Kier molecular flexibility index (Phi) is 5.07. The number of nitriles is 1. The number of benzene rings is 2. The summed E-state index contributed by atoms with van der Waals surface area (Å²) in [6, 6.07) is 15.3. The third kappa shape index (κ3) is 3.84. The third-order valence-electron chi connectivity index (χ3n) is 3.96. The number of hydrogen-bond donors (Lipinski definition) is 1. The summed E-state index contributed by atoms with van der Waals surface area (Å²) >= 11 is 0. The summed E-state index contributed by atoms with van der Waals surface area (Å²) in [5.41, 5.74) is 1.67. The molecule has 2 aromatic rings. The van der Waals surface area contributed by atoms with Crippen LogP contribution in [0.5, 0.6) is 0 Å². The van der Waals surface area contributed by atoms with Crippen LogP contribution in [-0.4, -0.2) is 43.0 Å². The maximum Gasteiger partial charge on any atom is 0.256 e. The van der Waals surface area contributed by atoms with E-state index in [0.717, 1.165) is 0 Å². The highest BCUT2D eigenvalue weighted by Gasteiger charge is 2.21. The number of hydrogen-bond acceptors (Lipinski definition) is 4. The van der Waals surface area contributed by atoms with E-state index in [1.165, 1.54) is 6.07 Å². The topological polar surface area (TPSA) is 82.4 Å². The fourth-order valence-corrected chi connectivity index (χ4v) is 2.64. The van der Waals surface area contributed by atoms with Crippen molar-refractivity contribution in [3.63, 3.8) is 0 Å². The zero-order valence-corrected chi connectivity index (χ0v) is 13.6. The normalized spacial score (nSPS) is 13.8. The van der Waals surface area contributed by atoms with Crippen LogP contribution in [0.4, 0.5) is 5.69 Å². The fraction of sp³-hybridized carbons (Fsp3) is 0.211. The van der Waals surface area contributed by atoms with Crippen molar-refractivity contribution < 1.29 is 14.3 Å². The minimum Gasteiger partial charge on any atom is -0.378 e. The molecular formula is C19H17N3O3. The molecule has 1 heterocycles. The van der Waals surface area contributed by atoms with E-state index in [9.17, 15) is 9.59 Å². The molecule has 1 fully saturated rings. The molecule has 1 aliphatic rings. The van der Waals surface area contributed by atoms with E-state index < -0.39 is 0 Å². The van der Waals surface area contributed by atoms with Gasteiger partial charge in [-0.15, -0.1) is 0 Å². The number of rotatable bonds is 3. The maximum absolute atomic E-state index is 12.7. The standard InChI is InChI=1S/C19H17N3O3/c20-13-14-4-3-5-15(12-14)18(23)21-17-7-2-1-6-16(17)19(24)22-8-10-25-11-9-22/h1-7,12H,8-11H2,(H,21,23). The minimum atomic E-state index is -0.362. The van der Waals surface area contributed by atoms with E-state index in [0.29, 0.717) is 48.7 Å². The first-order valence-electron chi connectivity index (χ1n) is 7.96. The summed E-state index contributed by atoms with van der Waals surface area (Å²) in [6.07, 6.45) is 0.